The summed E-state index contributed by atoms with van der Waals surface area (Å²) in [7, 11) is 1.83. The highest BCUT2D eigenvalue weighted by Crippen LogP contribution is 2.18. The van der Waals surface area contributed by atoms with Crippen molar-refractivity contribution in [1.82, 2.24) is 5.32 Å². The second-order valence-electron chi connectivity index (χ2n) is 3.83. The smallest absolute Gasteiger partial charge is 0.147 e. The molecule has 0 bridgehead atoms. The second kappa shape index (κ2) is 7.63. The molecule has 0 aromatic carbocycles. The number of aliphatic hydroxyl groups is 1. The van der Waals surface area contributed by atoms with Gasteiger partial charge in [-0.2, -0.15) is 12.6 Å². The lowest BCUT2D eigenvalue weighted by Crippen LogP contribution is -2.31. The molecule has 0 fully saturated rings. The zero-order chi connectivity index (χ0) is 12.6. The fourth-order valence-corrected chi connectivity index (χ4v) is 1.64. The zero-order valence-corrected chi connectivity index (χ0v) is 11.5. The van der Waals surface area contributed by atoms with Gasteiger partial charge in [-0.3, -0.25) is 0 Å². The first-order valence-corrected chi connectivity index (χ1v) is 6.12. The molecule has 0 spiro atoms. The Hall–Kier alpha value is -0.610. The molecule has 0 aromatic rings. The van der Waals surface area contributed by atoms with Crippen LogP contribution in [0.3, 0.4) is 0 Å². The minimum atomic E-state index is -0.662. The Kier molecular flexibility index (Phi) is 7.34. The van der Waals surface area contributed by atoms with E-state index in [0.717, 1.165) is 17.9 Å². The van der Waals surface area contributed by atoms with E-state index in [2.05, 4.69) is 17.9 Å². The van der Waals surface area contributed by atoms with Crippen molar-refractivity contribution in [3.8, 4) is 0 Å². The summed E-state index contributed by atoms with van der Waals surface area (Å²) in [5, 5.41) is 12.4. The van der Waals surface area contributed by atoms with Crippen molar-refractivity contribution in [2.75, 3.05) is 19.4 Å². The highest BCUT2D eigenvalue weighted by Gasteiger charge is 2.22. The predicted molar refractivity (Wildman–Crippen MR) is 71.6 cm³/mol. The van der Waals surface area contributed by atoms with Crippen molar-refractivity contribution in [3.63, 3.8) is 0 Å². The molecular formula is C12H23NO2S. The van der Waals surface area contributed by atoms with Gasteiger partial charge in [0.25, 0.3) is 0 Å². The van der Waals surface area contributed by atoms with Crippen molar-refractivity contribution in [2.24, 2.45) is 0 Å². The van der Waals surface area contributed by atoms with Crippen LogP contribution in [-0.4, -0.2) is 30.1 Å². The van der Waals surface area contributed by atoms with E-state index in [1.165, 1.54) is 0 Å². The molecule has 0 aliphatic heterocycles. The maximum Gasteiger partial charge on any atom is 0.147 e. The molecular weight excluding hydrogens is 222 g/mol. The summed E-state index contributed by atoms with van der Waals surface area (Å²) in [6, 6.07) is 0. The summed E-state index contributed by atoms with van der Waals surface area (Å²) < 4.78 is 5.76. The van der Waals surface area contributed by atoms with E-state index in [4.69, 9.17) is 4.74 Å². The number of allylic oxidation sites excluding steroid dienone is 2. The summed E-state index contributed by atoms with van der Waals surface area (Å²) in [4.78, 5) is 0. The molecule has 0 aromatic heterocycles. The number of aliphatic hydroxyl groups excluding tert-OH is 1. The van der Waals surface area contributed by atoms with Gasteiger partial charge in [0.1, 0.15) is 11.4 Å². The molecule has 3 nitrogen and oxygen atoms in total. The van der Waals surface area contributed by atoms with Crippen LogP contribution in [0.4, 0.5) is 0 Å². The Bertz CT molecular complexity index is 258. The van der Waals surface area contributed by atoms with Crippen LogP contribution in [0, 0.1) is 0 Å². The Morgan fingerprint density at radius 2 is 2.19 bits per heavy atom. The van der Waals surface area contributed by atoms with Gasteiger partial charge in [-0.25, -0.2) is 0 Å². The van der Waals surface area contributed by atoms with Crippen molar-refractivity contribution >= 4 is 12.6 Å². The molecule has 1 atom stereocenters. The van der Waals surface area contributed by atoms with E-state index in [9.17, 15) is 5.11 Å². The molecule has 0 unspecified atom stereocenters. The van der Waals surface area contributed by atoms with Gasteiger partial charge in [0.15, 0.2) is 0 Å². The van der Waals surface area contributed by atoms with Crippen LogP contribution < -0.4 is 5.32 Å². The van der Waals surface area contributed by atoms with Gasteiger partial charge in [-0.1, -0.05) is 13.0 Å². The minimum absolute atomic E-state index is 0.0512. The lowest BCUT2D eigenvalue weighted by atomic mass is 10.1. The molecule has 0 heterocycles. The topological polar surface area (TPSA) is 41.5 Å². The number of ether oxygens (including phenoxy) is 1. The standard InChI is InChI=1S/C12H23NO2S/c1-5-6-7-12(3,9-14)15-10(2)11(8-16)13-4/h6-7,13-14,16H,5,8-9H2,1-4H3/b7-6-,11-10-/t12-/m0/s1. The average Bonchev–Trinajstić information content (AvgIpc) is 2.28. The minimum Gasteiger partial charge on any atom is -0.484 e. The number of hydrogen-bond acceptors (Lipinski definition) is 4. The third kappa shape index (κ3) is 4.94. The van der Waals surface area contributed by atoms with Gasteiger partial charge in [0.05, 0.1) is 12.3 Å². The van der Waals surface area contributed by atoms with E-state index in [0.29, 0.717) is 5.75 Å². The van der Waals surface area contributed by atoms with E-state index in [-0.39, 0.29) is 6.61 Å². The van der Waals surface area contributed by atoms with Crippen LogP contribution in [0.2, 0.25) is 0 Å². The maximum absolute atomic E-state index is 9.35. The Morgan fingerprint density at radius 1 is 1.56 bits per heavy atom. The van der Waals surface area contributed by atoms with Gasteiger partial charge >= 0.3 is 0 Å². The molecule has 94 valence electrons. The SMILES string of the molecule is CC/C=C\[C@@](C)(CO)O/C(C)=C(/CS)NC. The first-order valence-electron chi connectivity index (χ1n) is 5.49. The Labute approximate surface area is 104 Å². The van der Waals surface area contributed by atoms with Crippen LogP contribution in [0.15, 0.2) is 23.6 Å². The van der Waals surface area contributed by atoms with E-state index >= 15 is 0 Å². The number of thiol groups is 1. The zero-order valence-electron chi connectivity index (χ0n) is 10.6. The van der Waals surface area contributed by atoms with Crippen molar-refractivity contribution < 1.29 is 9.84 Å². The summed E-state index contributed by atoms with van der Waals surface area (Å²) >= 11 is 4.20. The summed E-state index contributed by atoms with van der Waals surface area (Å²) in [6.07, 6.45) is 4.80. The van der Waals surface area contributed by atoms with Gasteiger partial charge in [0.2, 0.25) is 0 Å². The molecule has 4 heteroatoms. The second-order valence-corrected chi connectivity index (χ2v) is 4.14. The first-order chi connectivity index (χ1) is 7.52. The monoisotopic (exact) mass is 245 g/mol. The van der Waals surface area contributed by atoms with Crippen LogP contribution in [-0.2, 0) is 4.74 Å². The molecule has 0 radical (unpaired) electrons. The van der Waals surface area contributed by atoms with Crippen molar-refractivity contribution in [2.45, 2.75) is 32.8 Å². The Balaban J connectivity index is 4.77. The Morgan fingerprint density at radius 3 is 2.56 bits per heavy atom. The highest BCUT2D eigenvalue weighted by molar-refractivity contribution is 7.80. The highest BCUT2D eigenvalue weighted by atomic mass is 32.1. The van der Waals surface area contributed by atoms with Gasteiger partial charge in [0, 0.05) is 12.8 Å². The number of rotatable bonds is 7. The van der Waals surface area contributed by atoms with Crippen molar-refractivity contribution in [1.29, 1.82) is 0 Å². The molecule has 0 saturated heterocycles. The molecule has 16 heavy (non-hydrogen) atoms. The largest absolute Gasteiger partial charge is 0.484 e. The fourth-order valence-electron chi connectivity index (χ4n) is 1.26. The maximum atomic E-state index is 9.35. The predicted octanol–water partition coefficient (Wildman–Crippen LogP) is 2.10. The molecule has 0 saturated carbocycles. The van der Waals surface area contributed by atoms with Crippen LogP contribution in [0.5, 0.6) is 0 Å². The normalized spacial score (nSPS) is 16.9. The lowest BCUT2D eigenvalue weighted by molar-refractivity contribution is 0.00909. The van der Waals surface area contributed by atoms with Crippen molar-refractivity contribution in [3.05, 3.63) is 23.6 Å². The third-order valence-electron chi connectivity index (χ3n) is 2.29. The number of hydrogen-bond donors (Lipinski definition) is 3. The summed E-state index contributed by atoms with van der Waals surface area (Å²) in [5.74, 6) is 1.34. The molecule has 2 N–H and O–H groups in total. The van der Waals surface area contributed by atoms with E-state index < -0.39 is 5.60 Å². The van der Waals surface area contributed by atoms with Gasteiger partial charge in [-0.05, 0) is 26.3 Å². The first kappa shape index (κ1) is 15.4. The fraction of sp³-hybridized carbons (Fsp3) is 0.667. The quantitative estimate of drug-likeness (QED) is 0.365. The van der Waals surface area contributed by atoms with Gasteiger partial charge < -0.3 is 15.2 Å². The average molecular weight is 245 g/mol. The molecule has 0 rings (SSSR count). The number of nitrogens with one attached hydrogen (secondary N) is 1. The third-order valence-corrected chi connectivity index (χ3v) is 2.61. The lowest BCUT2D eigenvalue weighted by Gasteiger charge is -2.27. The summed E-state index contributed by atoms with van der Waals surface area (Å²) in [6.45, 7) is 5.72. The van der Waals surface area contributed by atoms with Gasteiger partial charge in [-0.15, -0.1) is 0 Å². The van der Waals surface area contributed by atoms with E-state index in [1.807, 2.05) is 40.0 Å². The van der Waals surface area contributed by atoms with Crippen LogP contribution >= 0.6 is 12.6 Å². The van der Waals surface area contributed by atoms with E-state index in [1.54, 1.807) is 0 Å². The van der Waals surface area contributed by atoms with Crippen LogP contribution in [0.25, 0.3) is 0 Å². The molecule has 0 aliphatic carbocycles. The molecule has 0 amide bonds. The summed E-state index contributed by atoms with van der Waals surface area (Å²) in [5.41, 5.74) is 0.262. The van der Waals surface area contributed by atoms with Crippen LogP contribution in [0.1, 0.15) is 27.2 Å². The molecule has 0 aliphatic rings.